The Hall–Kier alpha value is -2.27. The highest BCUT2D eigenvalue weighted by atomic mass is 35.5. The monoisotopic (exact) mass is 407 g/mol. The minimum atomic E-state index is 0.129. The summed E-state index contributed by atoms with van der Waals surface area (Å²) in [6, 6.07) is 17.6. The van der Waals surface area contributed by atoms with Crippen molar-refractivity contribution in [2.75, 3.05) is 26.2 Å². The van der Waals surface area contributed by atoms with Gasteiger partial charge in [0.1, 0.15) is 0 Å². The fourth-order valence-electron chi connectivity index (χ4n) is 3.95. The van der Waals surface area contributed by atoms with Crippen LogP contribution in [0.3, 0.4) is 0 Å². The highest BCUT2D eigenvalue weighted by molar-refractivity contribution is 6.30. The third-order valence-corrected chi connectivity index (χ3v) is 5.92. The predicted octanol–water partition coefficient (Wildman–Crippen LogP) is 4.57. The van der Waals surface area contributed by atoms with Crippen LogP contribution in [0, 0.1) is 5.92 Å². The quantitative estimate of drug-likeness (QED) is 0.460. The van der Waals surface area contributed by atoms with Gasteiger partial charge in [-0.15, -0.1) is 0 Å². The number of carbonyl (C=O) groups is 1. The molecule has 1 aliphatic heterocycles. The molecule has 0 radical (unpaired) electrons. The van der Waals surface area contributed by atoms with Gasteiger partial charge in [-0.1, -0.05) is 29.8 Å². The molecule has 0 aliphatic carbocycles. The Bertz CT molecular complexity index is 965. The summed E-state index contributed by atoms with van der Waals surface area (Å²) in [5.41, 5.74) is 3.02. The largest absolute Gasteiger partial charge is 0.311 e. The van der Waals surface area contributed by atoms with Crippen molar-refractivity contribution >= 4 is 28.3 Å². The van der Waals surface area contributed by atoms with E-state index >= 15 is 0 Å². The van der Waals surface area contributed by atoms with Crippen molar-refractivity contribution in [3.8, 4) is 0 Å². The number of nitrogens with zero attached hydrogens (tertiary/aromatic N) is 2. The van der Waals surface area contributed by atoms with Gasteiger partial charge in [0.15, 0.2) is 5.78 Å². The SMILES string of the molecule is O=C(c1ccc(Cl)cc1)C1CCN(CCNCc2cnc3ccccc3c2)CC1. The maximum Gasteiger partial charge on any atom is 0.166 e. The van der Waals surface area contributed by atoms with Crippen molar-refractivity contribution in [2.24, 2.45) is 5.92 Å². The first-order valence-electron chi connectivity index (χ1n) is 10.3. The molecule has 1 aliphatic rings. The number of nitrogens with one attached hydrogen (secondary N) is 1. The van der Waals surface area contributed by atoms with Gasteiger partial charge in [0.05, 0.1) is 5.52 Å². The van der Waals surface area contributed by atoms with Crippen LogP contribution in [0.1, 0.15) is 28.8 Å². The lowest BCUT2D eigenvalue weighted by atomic mass is 9.89. The van der Waals surface area contributed by atoms with E-state index in [4.69, 9.17) is 11.6 Å². The number of aromatic nitrogens is 1. The van der Waals surface area contributed by atoms with Crippen molar-refractivity contribution in [1.82, 2.24) is 15.2 Å². The molecule has 0 amide bonds. The van der Waals surface area contributed by atoms with Gasteiger partial charge in [0, 0.05) is 47.7 Å². The molecule has 4 nitrogen and oxygen atoms in total. The molecule has 2 heterocycles. The van der Waals surface area contributed by atoms with E-state index in [1.807, 2.05) is 36.5 Å². The molecule has 5 heteroatoms. The number of pyridine rings is 1. The molecule has 1 saturated heterocycles. The molecule has 0 bridgehead atoms. The van der Waals surface area contributed by atoms with Gasteiger partial charge in [-0.3, -0.25) is 9.78 Å². The number of benzene rings is 2. The van der Waals surface area contributed by atoms with Gasteiger partial charge in [0.25, 0.3) is 0 Å². The van der Waals surface area contributed by atoms with Gasteiger partial charge >= 0.3 is 0 Å². The highest BCUT2D eigenvalue weighted by Gasteiger charge is 2.25. The number of halogens is 1. The zero-order valence-electron chi connectivity index (χ0n) is 16.5. The third-order valence-electron chi connectivity index (χ3n) is 5.67. The first-order valence-corrected chi connectivity index (χ1v) is 10.6. The van der Waals surface area contributed by atoms with Crippen molar-refractivity contribution < 1.29 is 4.79 Å². The van der Waals surface area contributed by atoms with Crippen LogP contribution < -0.4 is 5.32 Å². The highest BCUT2D eigenvalue weighted by Crippen LogP contribution is 2.22. The Morgan fingerprint density at radius 3 is 2.66 bits per heavy atom. The van der Waals surface area contributed by atoms with Crippen molar-refractivity contribution in [3.05, 3.63) is 76.9 Å². The summed E-state index contributed by atoms with van der Waals surface area (Å²) in [5.74, 6) is 0.382. The van der Waals surface area contributed by atoms with Crippen LogP contribution in [0.4, 0.5) is 0 Å². The lowest BCUT2D eigenvalue weighted by molar-refractivity contribution is 0.0841. The number of para-hydroxylation sites is 1. The molecule has 1 fully saturated rings. The molecule has 0 saturated carbocycles. The zero-order valence-corrected chi connectivity index (χ0v) is 17.2. The summed E-state index contributed by atoms with van der Waals surface area (Å²) in [6.45, 7) is 4.71. The fourth-order valence-corrected chi connectivity index (χ4v) is 4.08. The first kappa shape index (κ1) is 20.0. The lowest BCUT2D eigenvalue weighted by Gasteiger charge is -2.31. The molecular weight excluding hydrogens is 382 g/mol. The molecule has 2 aromatic carbocycles. The summed E-state index contributed by atoms with van der Waals surface area (Å²) in [5, 5.41) is 5.37. The number of ketones is 1. The Kier molecular flexibility index (Phi) is 6.55. The predicted molar refractivity (Wildman–Crippen MR) is 118 cm³/mol. The molecule has 150 valence electrons. The van der Waals surface area contributed by atoms with Gasteiger partial charge < -0.3 is 10.2 Å². The second-order valence-corrected chi connectivity index (χ2v) is 8.14. The summed E-state index contributed by atoms with van der Waals surface area (Å²) >= 11 is 5.92. The van der Waals surface area contributed by atoms with E-state index in [1.54, 1.807) is 12.1 Å². The minimum absolute atomic E-state index is 0.129. The molecule has 1 aromatic heterocycles. The minimum Gasteiger partial charge on any atom is -0.311 e. The lowest BCUT2D eigenvalue weighted by Crippen LogP contribution is -2.39. The summed E-state index contributed by atoms with van der Waals surface area (Å²) in [7, 11) is 0. The zero-order chi connectivity index (χ0) is 20.1. The number of hydrogen-bond acceptors (Lipinski definition) is 4. The Labute approximate surface area is 176 Å². The van der Waals surface area contributed by atoms with Gasteiger partial charge in [-0.25, -0.2) is 0 Å². The van der Waals surface area contributed by atoms with E-state index in [2.05, 4.69) is 27.3 Å². The molecule has 0 atom stereocenters. The number of hydrogen-bond donors (Lipinski definition) is 1. The normalized spacial score (nSPS) is 15.6. The van der Waals surface area contributed by atoms with Crippen LogP contribution in [0.25, 0.3) is 10.9 Å². The van der Waals surface area contributed by atoms with Crippen LogP contribution >= 0.6 is 11.6 Å². The average molecular weight is 408 g/mol. The number of piperidine rings is 1. The average Bonchev–Trinajstić information content (AvgIpc) is 2.77. The van der Waals surface area contributed by atoms with Gasteiger partial charge in [-0.05, 0) is 67.9 Å². The van der Waals surface area contributed by atoms with E-state index in [0.717, 1.165) is 56.6 Å². The Balaban J connectivity index is 1.19. The van der Waals surface area contributed by atoms with E-state index in [-0.39, 0.29) is 11.7 Å². The molecular formula is C24H26ClN3O. The standard InChI is InChI=1S/C24H26ClN3O/c25-22-7-5-19(6-8-22)24(29)20-9-12-28(13-10-20)14-11-26-16-18-15-21-3-1-2-4-23(21)27-17-18/h1-8,15,17,20,26H,9-14,16H2. The molecule has 4 rings (SSSR count). The molecule has 0 unspecified atom stereocenters. The number of rotatable bonds is 7. The van der Waals surface area contributed by atoms with Crippen molar-refractivity contribution in [1.29, 1.82) is 0 Å². The van der Waals surface area contributed by atoms with Crippen molar-refractivity contribution in [3.63, 3.8) is 0 Å². The second-order valence-electron chi connectivity index (χ2n) is 7.70. The maximum absolute atomic E-state index is 12.6. The van der Waals surface area contributed by atoms with Crippen LogP contribution in [0.5, 0.6) is 0 Å². The molecule has 0 spiro atoms. The van der Waals surface area contributed by atoms with E-state index in [9.17, 15) is 4.79 Å². The number of carbonyl (C=O) groups excluding carboxylic acids is 1. The van der Waals surface area contributed by atoms with Crippen LogP contribution in [0.2, 0.25) is 5.02 Å². The van der Waals surface area contributed by atoms with Gasteiger partial charge in [-0.2, -0.15) is 0 Å². The third kappa shape index (κ3) is 5.21. The smallest absolute Gasteiger partial charge is 0.166 e. The molecule has 1 N–H and O–H groups in total. The molecule has 3 aromatic rings. The maximum atomic E-state index is 12.6. The number of likely N-dealkylation sites (tertiary alicyclic amines) is 1. The first-order chi connectivity index (χ1) is 14.2. The Morgan fingerprint density at radius 2 is 1.86 bits per heavy atom. The Morgan fingerprint density at radius 1 is 1.10 bits per heavy atom. The van der Waals surface area contributed by atoms with Crippen LogP contribution in [-0.4, -0.2) is 41.8 Å². The topological polar surface area (TPSA) is 45.2 Å². The van der Waals surface area contributed by atoms with E-state index in [0.29, 0.717) is 5.02 Å². The van der Waals surface area contributed by atoms with Crippen molar-refractivity contribution in [2.45, 2.75) is 19.4 Å². The second kappa shape index (κ2) is 9.49. The molecule has 29 heavy (non-hydrogen) atoms. The summed E-state index contributed by atoms with van der Waals surface area (Å²) < 4.78 is 0. The number of fused-ring (bicyclic) bond motifs is 1. The van der Waals surface area contributed by atoms with Crippen LogP contribution in [0.15, 0.2) is 60.8 Å². The van der Waals surface area contributed by atoms with Gasteiger partial charge in [0.2, 0.25) is 0 Å². The summed E-state index contributed by atoms with van der Waals surface area (Å²) in [4.78, 5) is 19.6. The fraction of sp³-hybridized carbons (Fsp3) is 0.333. The number of Topliss-reactive ketones (excluding diaryl/α,β-unsaturated/α-hetero) is 1. The van der Waals surface area contributed by atoms with E-state index < -0.39 is 0 Å². The van der Waals surface area contributed by atoms with Crippen LogP contribution in [-0.2, 0) is 6.54 Å². The summed E-state index contributed by atoms with van der Waals surface area (Å²) in [6.07, 6.45) is 3.80. The van der Waals surface area contributed by atoms with E-state index in [1.165, 1.54) is 10.9 Å².